The highest BCUT2D eigenvalue weighted by atomic mass is 16.5. The number of carbonyl (C=O) groups excluding carboxylic acids is 1. The molecule has 0 fully saturated rings. The third-order valence-electron chi connectivity index (χ3n) is 1.94. The molecule has 0 spiro atoms. The molecule has 82 valence electrons. The van der Waals surface area contributed by atoms with Crippen LogP contribution in [0.5, 0.6) is 0 Å². The Kier molecular flexibility index (Phi) is 3.49. The van der Waals surface area contributed by atoms with Crippen molar-refractivity contribution in [1.29, 1.82) is 0 Å². The van der Waals surface area contributed by atoms with Gasteiger partial charge < -0.3 is 9.30 Å². The quantitative estimate of drug-likeness (QED) is 0.530. The van der Waals surface area contributed by atoms with Gasteiger partial charge in [0.2, 0.25) is 0 Å². The maximum Gasteiger partial charge on any atom is 0.335 e. The molecule has 0 aliphatic rings. The summed E-state index contributed by atoms with van der Waals surface area (Å²) in [6.45, 7) is 5.77. The summed E-state index contributed by atoms with van der Waals surface area (Å²) in [4.78, 5) is 22.6. The summed E-state index contributed by atoms with van der Waals surface area (Å²) in [6, 6.07) is 0. The van der Waals surface area contributed by atoms with Crippen LogP contribution in [-0.2, 0) is 23.1 Å². The van der Waals surface area contributed by atoms with E-state index in [0.717, 1.165) is 0 Å². The zero-order chi connectivity index (χ0) is 11.4. The van der Waals surface area contributed by atoms with Gasteiger partial charge in [-0.15, -0.1) is 0 Å². The molecule has 1 aromatic rings. The summed E-state index contributed by atoms with van der Waals surface area (Å²) in [5, 5.41) is 0. The monoisotopic (exact) mass is 210 g/mol. The minimum atomic E-state index is -0.465. The van der Waals surface area contributed by atoms with Gasteiger partial charge in [0, 0.05) is 25.0 Å². The van der Waals surface area contributed by atoms with Gasteiger partial charge in [-0.2, -0.15) is 0 Å². The molecule has 5 nitrogen and oxygen atoms in total. The molecule has 0 unspecified atom stereocenters. The van der Waals surface area contributed by atoms with Gasteiger partial charge >= 0.3 is 11.7 Å². The highest BCUT2D eigenvalue weighted by molar-refractivity contribution is 5.87. The topological polar surface area (TPSA) is 53.2 Å². The number of rotatable bonds is 4. The van der Waals surface area contributed by atoms with Crippen LogP contribution in [0.3, 0.4) is 0 Å². The van der Waals surface area contributed by atoms with Crippen molar-refractivity contribution in [3.05, 3.63) is 35.0 Å². The maximum atomic E-state index is 11.4. The minimum Gasteiger partial charge on any atom is -0.463 e. The fourth-order valence-corrected chi connectivity index (χ4v) is 1.13. The largest absolute Gasteiger partial charge is 0.463 e. The zero-order valence-electron chi connectivity index (χ0n) is 8.90. The number of hydrogen-bond acceptors (Lipinski definition) is 3. The van der Waals surface area contributed by atoms with Crippen molar-refractivity contribution < 1.29 is 9.53 Å². The molecule has 0 bridgehead atoms. The van der Waals surface area contributed by atoms with Crippen LogP contribution in [0.25, 0.3) is 0 Å². The Balaban J connectivity index is 2.71. The lowest BCUT2D eigenvalue weighted by molar-refractivity contribution is -0.138. The smallest absolute Gasteiger partial charge is 0.335 e. The second-order valence-corrected chi connectivity index (χ2v) is 3.14. The van der Waals surface area contributed by atoms with Gasteiger partial charge in [0.05, 0.1) is 13.2 Å². The zero-order valence-corrected chi connectivity index (χ0v) is 8.90. The fourth-order valence-electron chi connectivity index (χ4n) is 1.13. The minimum absolute atomic E-state index is 0.165. The van der Waals surface area contributed by atoms with E-state index in [4.69, 9.17) is 4.74 Å². The molecule has 0 atom stereocenters. The first-order chi connectivity index (χ1) is 7.06. The van der Waals surface area contributed by atoms with E-state index < -0.39 is 5.97 Å². The van der Waals surface area contributed by atoms with Gasteiger partial charge in [-0.05, 0) is 6.92 Å². The SMILES string of the molecule is C=C(Cn1ccn(C)c1=O)C(=O)OCC. The summed E-state index contributed by atoms with van der Waals surface area (Å²) in [5.74, 6) is -0.465. The van der Waals surface area contributed by atoms with Gasteiger partial charge in [0.25, 0.3) is 0 Å². The summed E-state index contributed by atoms with van der Waals surface area (Å²) in [7, 11) is 1.64. The van der Waals surface area contributed by atoms with E-state index in [1.54, 1.807) is 26.4 Å². The molecule has 0 amide bonds. The Bertz CT molecular complexity index is 428. The first-order valence-electron chi connectivity index (χ1n) is 4.63. The van der Waals surface area contributed by atoms with Gasteiger partial charge in [-0.3, -0.25) is 4.57 Å². The average Bonchev–Trinajstić information content (AvgIpc) is 2.50. The molecule has 1 heterocycles. The van der Waals surface area contributed by atoms with Crippen LogP contribution in [-0.4, -0.2) is 21.7 Å². The molecule has 0 aliphatic carbocycles. The highest BCUT2D eigenvalue weighted by Crippen LogP contribution is 1.98. The maximum absolute atomic E-state index is 11.4. The van der Waals surface area contributed by atoms with E-state index in [1.165, 1.54) is 9.13 Å². The predicted molar refractivity (Wildman–Crippen MR) is 55.4 cm³/mol. The van der Waals surface area contributed by atoms with E-state index in [9.17, 15) is 9.59 Å². The Morgan fingerprint density at radius 2 is 2.20 bits per heavy atom. The van der Waals surface area contributed by atoms with Crippen molar-refractivity contribution in [2.45, 2.75) is 13.5 Å². The summed E-state index contributed by atoms with van der Waals surface area (Å²) >= 11 is 0. The van der Waals surface area contributed by atoms with E-state index in [0.29, 0.717) is 6.61 Å². The van der Waals surface area contributed by atoms with Crippen LogP contribution in [0.2, 0.25) is 0 Å². The molecule has 0 aromatic carbocycles. The Hall–Kier alpha value is -1.78. The van der Waals surface area contributed by atoms with Crippen molar-refractivity contribution in [2.24, 2.45) is 7.05 Å². The lowest BCUT2D eigenvalue weighted by Crippen LogP contribution is -2.24. The van der Waals surface area contributed by atoms with E-state index in [2.05, 4.69) is 6.58 Å². The molecular weight excluding hydrogens is 196 g/mol. The van der Waals surface area contributed by atoms with Crippen LogP contribution in [0.15, 0.2) is 29.3 Å². The normalized spacial score (nSPS) is 10.0. The fraction of sp³-hybridized carbons (Fsp3) is 0.400. The number of aromatic nitrogens is 2. The van der Waals surface area contributed by atoms with Crippen LogP contribution >= 0.6 is 0 Å². The third-order valence-corrected chi connectivity index (χ3v) is 1.94. The highest BCUT2D eigenvalue weighted by Gasteiger charge is 2.09. The third kappa shape index (κ3) is 2.59. The van der Waals surface area contributed by atoms with E-state index >= 15 is 0 Å². The molecule has 5 heteroatoms. The molecular formula is C10H14N2O3. The number of imidazole rings is 1. The lowest BCUT2D eigenvalue weighted by atomic mass is 10.3. The second kappa shape index (κ2) is 4.63. The number of aryl methyl sites for hydroxylation is 1. The van der Waals surface area contributed by atoms with Crippen molar-refractivity contribution >= 4 is 5.97 Å². The van der Waals surface area contributed by atoms with Crippen LogP contribution < -0.4 is 5.69 Å². The number of carbonyl (C=O) groups is 1. The molecule has 0 radical (unpaired) electrons. The summed E-state index contributed by atoms with van der Waals surface area (Å²) < 4.78 is 7.59. The number of ether oxygens (including phenoxy) is 1. The first-order valence-corrected chi connectivity index (χ1v) is 4.63. The average molecular weight is 210 g/mol. The van der Waals surface area contributed by atoms with Gasteiger partial charge in [-0.1, -0.05) is 6.58 Å². The van der Waals surface area contributed by atoms with E-state index in [-0.39, 0.29) is 17.8 Å². The molecule has 0 saturated carbocycles. The standard InChI is InChI=1S/C10H14N2O3/c1-4-15-9(13)8(2)7-12-6-5-11(3)10(12)14/h5-6H,2,4,7H2,1,3H3. The Labute approximate surface area is 87.6 Å². The van der Waals surface area contributed by atoms with Crippen LogP contribution in [0.1, 0.15) is 6.92 Å². The van der Waals surface area contributed by atoms with Gasteiger partial charge in [0.1, 0.15) is 0 Å². The van der Waals surface area contributed by atoms with Crippen LogP contribution in [0.4, 0.5) is 0 Å². The molecule has 0 N–H and O–H groups in total. The summed E-state index contributed by atoms with van der Waals surface area (Å²) in [5.41, 5.74) is 0.0885. The van der Waals surface area contributed by atoms with Crippen molar-refractivity contribution in [2.75, 3.05) is 6.61 Å². The Morgan fingerprint density at radius 3 is 2.67 bits per heavy atom. The molecule has 15 heavy (non-hydrogen) atoms. The second-order valence-electron chi connectivity index (χ2n) is 3.14. The molecule has 0 aliphatic heterocycles. The first kappa shape index (κ1) is 11.3. The predicted octanol–water partition coefficient (Wildman–Crippen LogP) is 0.306. The lowest BCUT2D eigenvalue weighted by Gasteiger charge is -2.04. The molecule has 1 aromatic heterocycles. The number of esters is 1. The van der Waals surface area contributed by atoms with Crippen molar-refractivity contribution in [3.63, 3.8) is 0 Å². The van der Waals surface area contributed by atoms with E-state index in [1.807, 2.05) is 0 Å². The number of hydrogen-bond donors (Lipinski definition) is 0. The van der Waals surface area contributed by atoms with Gasteiger partial charge in [-0.25, -0.2) is 9.59 Å². The number of nitrogens with zero attached hydrogens (tertiary/aromatic N) is 2. The van der Waals surface area contributed by atoms with Gasteiger partial charge in [0.15, 0.2) is 0 Å². The molecule has 1 rings (SSSR count). The van der Waals surface area contributed by atoms with Crippen molar-refractivity contribution in [3.8, 4) is 0 Å². The Morgan fingerprint density at radius 1 is 1.53 bits per heavy atom. The van der Waals surface area contributed by atoms with Crippen LogP contribution in [0, 0.1) is 0 Å². The molecule has 0 saturated heterocycles. The summed E-state index contributed by atoms with van der Waals surface area (Å²) in [6.07, 6.45) is 3.23. The van der Waals surface area contributed by atoms with Crippen molar-refractivity contribution in [1.82, 2.24) is 9.13 Å².